The Morgan fingerprint density at radius 3 is 2.43 bits per heavy atom. The summed E-state index contributed by atoms with van der Waals surface area (Å²) < 4.78 is 20.5. The smallest absolute Gasteiger partial charge is 0.407 e. The summed E-state index contributed by atoms with van der Waals surface area (Å²) in [4.78, 5) is 61.2. The number of hydrogen-bond donors (Lipinski definition) is 4. The Kier molecular flexibility index (Phi) is 17.6. The van der Waals surface area contributed by atoms with Crippen molar-refractivity contribution in [2.75, 3.05) is 32.1 Å². The lowest BCUT2D eigenvalue weighted by atomic mass is 9.91. The Labute approximate surface area is 352 Å². The van der Waals surface area contributed by atoms with Crippen LogP contribution in [0.1, 0.15) is 70.1 Å². The number of aldehydes is 1. The van der Waals surface area contributed by atoms with E-state index in [4.69, 9.17) is 4.79 Å². The number of aromatic nitrogens is 2. The van der Waals surface area contributed by atoms with E-state index in [0.717, 1.165) is 71.4 Å². The molecule has 0 radical (unpaired) electrons. The number of carbonyl (C=O) groups is 4. The van der Waals surface area contributed by atoms with Gasteiger partial charge >= 0.3 is 6.09 Å². The van der Waals surface area contributed by atoms with Gasteiger partial charge in [0.15, 0.2) is 0 Å². The molecule has 1 aromatic heterocycles. The number of halogens is 1. The van der Waals surface area contributed by atoms with Gasteiger partial charge in [-0.25, -0.2) is 14.2 Å². The zero-order chi connectivity index (χ0) is 43.8. The van der Waals surface area contributed by atoms with E-state index in [9.17, 15) is 14.4 Å². The number of nitrogens with two attached hydrogens (primary N) is 1. The van der Waals surface area contributed by atoms with Gasteiger partial charge in [-0.2, -0.15) is 0 Å². The van der Waals surface area contributed by atoms with Gasteiger partial charge in [-0.3, -0.25) is 14.6 Å². The van der Waals surface area contributed by atoms with Gasteiger partial charge in [0, 0.05) is 49.5 Å². The minimum atomic E-state index is -0.693. The summed E-state index contributed by atoms with van der Waals surface area (Å²) in [6.07, 6.45) is 8.06. The highest BCUT2D eigenvalue weighted by molar-refractivity contribution is 5.80. The molecule has 320 valence electrons. The van der Waals surface area contributed by atoms with Crippen molar-refractivity contribution in [1.29, 1.82) is 0 Å². The van der Waals surface area contributed by atoms with Crippen molar-refractivity contribution in [3.05, 3.63) is 95.6 Å². The Balaban J connectivity index is 0.00000257. The molecule has 5 N–H and O–H groups in total. The predicted molar refractivity (Wildman–Crippen MR) is 236 cm³/mol. The van der Waals surface area contributed by atoms with Gasteiger partial charge in [-0.1, -0.05) is 76.2 Å². The molecular weight excluding hydrogens is 764 g/mol. The van der Waals surface area contributed by atoms with Crippen molar-refractivity contribution in [2.45, 2.75) is 78.3 Å². The summed E-state index contributed by atoms with van der Waals surface area (Å²) in [7, 11) is 3.16. The second-order valence-corrected chi connectivity index (χ2v) is 15.0. The Morgan fingerprint density at radius 2 is 1.82 bits per heavy atom. The largest absolute Gasteiger partial charge is 0.453 e. The van der Waals surface area contributed by atoms with Crippen LogP contribution in [0.15, 0.2) is 78.1 Å². The van der Waals surface area contributed by atoms with E-state index in [0.29, 0.717) is 48.8 Å². The number of alkyl carbamates (subject to hydrolysis) is 1. The van der Waals surface area contributed by atoms with E-state index in [1.54, 1.807) is 18.5 Å². The first-order valence-corrected chi connectivity index (χ1v) is 20.4. The third-order valence-electron chi connectivity index (χ3n) is 10.9. The molecule has 13 nitrogen and oxygen atoms in total. The average Bonchev–Trinajstić information content (AvgIpc) is 3.94. The number of nitrogens with zero attached hydrogens (tertiary/aromatic N) is 4. The highest BCUT2D eigenvalue weighted by Gasteiger charge is 2.33. The number of H-pyrrole nitrogens is 1. The van der Waals surface area contributed by atoms with Crippen LogP contribution in [0.25, 0.3) is 28.1 Å². The Bertz CT molecular complexity index is 2100. The summed E-state index contributed by atoms with van der Waals surface area (Å²) >= 11 is 0. The molecule has 3 atom stereocenters. The zero-order valence-electron chi connectivity index (χ0n) is 35.5. The lowest BCUT2D eigenvalue weighted by Gasteiger charge is -2.30. The van der Waals surface area contributed by atoms with Crippen molar-refractivity contribution < 1.29 is 28.3 Å². The first-order chi connectivity index (χ1) is 28.9. The van der Waals surface area contributed by atoms with Crippen LogP contribution in [0.2, 0.25) is 0 Å². The monoisotopic (exact) mass is 822 g/mol. The number of anilines is 2. The molecule has 3 aromatic carbocycles. The van der Waals surface area contributed by atoms with Gasteiger partial charge in [-0.15, -0.1) is 0 Å². The molecular formula is C46H59FN8O5. The summed E-state index contributed by atoms with van der Waals surface area (Å²) in [5, 5.41) is 6.08. The fourth-order valence-electron chi connectivity index (χ4n) is 7.76. The van der Waals surface area contributed by atoms with Gasteiger partial charge in [0.05, 0.1) is 30.7 Å². The number of rotatable bonds is 18. The normalized spacial score (nSPS) is 14.7. The van der Waals surface area contributed by atoms with Gasteiger partial charge in [0.1, 0.15) is 12.1 Å². The lowest BCUT2D eigenvalue weighted by molar-refractivity contribution is -0.137. The van der Waals surface area contributed by atoms with Crippen molar-refractivity contribution in [3.63, 3.8) is 0 Å². The van der Waals surface area contributed by atoms with E-state index < -0.39 is 18.0 Å². The Morgan fingerprint density at radius 1 is 1.12 bits per heavy atom. The maximum absolute atomic E-state index is 15.8. The summed E-state index contributed by atoms with van der Waals surface area (Å²) in [6, 6.07) is 18.5. The number of imidazole rings is 1. The molecule has 3 unspecified atom stereocenters. The molecule has 0 bridgehead atoms. The van der Waals surface area contributed by atoms with Crippen LogP contribution in [0.4, 0.5) is 20.8 Å². The molecule has 2 heterocycles. The number of ether oxygens (including phenoxy) is 1. The number of aromatic amines is 1. The highest BCUT2D eigenvalue weighted by atomic mass is 19.1. The van der Waals surface area contributed by atoms with Crippen LogP contribution in [-0.2, 0) is 32.0 Å². The third kappa shape index (κ3) is 11.7. The number of aliphatic imine (C=N–C) groups is 1. The van der Waals surface area contributed by atoms with Gasteiger partial charge in [0.25, 0.3) is 0 Å². The van der Waals surface area contributed by atoms with Crippen LogP contribution in [-0.4, -0.2) is 85.6 Å². The molecule has 0 saturated carbocycles. The molecule has 60 heavy (non-hydrogen) atoms. The molecule has 3 amide bonds. The van der Waals surface area contributed by atoms with E-state index in [1.807, 2.05) is 65.4 Å². The topological polar surface area (TPSA) is 175 Å². The molecule has 5 rings (SSSR count). The zero-order valence-corrected chi connectivity index (χ0v) is 35.5. The van der Waals surface area contributed by atoms with Crippen molar-refractivity contribution >= 4 is 48.7 Å². The summed E-state index contributed by atoms with van der Waals surface area (Å²) in [5.41, 5.74) is 11.4. The number of benzene rings is 3. The van der Waals surface area contributed by atoms with E-state index in [1.165, 1.54) is 13.2 Å². The molecule has 0 aliphatic carbocycles. The highest BCUT2D eigenvalue weighted by Crippen LogP contribution is 2.34. The first-order valence-electron chi connectivity index (χ1n) is 20.4. The van der Waals surface area contributed by atoms with E-state index >= 15 is 4.39 Å². The van der Waals surface area contributed by atoms with Crippen LogP contribution >= 0.6 is 0 Å². The van der Waals surface area contributed by atoms with Crippen LogP contribution in [0.3, 0.4) is 0 Å². The molecule has 1 fully saturated rings. The van der Waals surface area contributed by atoms with Crippen molar-refractivity contribution in [3.8, 4) is 22.4 Å². The number of methoxy groups -OCH3 is 1. The van der Waals surface area contributed by atoms with Crippen molar-refractivity contribution in [2.24, 2.45) is 22.6 Å². The summed E-state index contributed by atoms with van der Waals surface area (Å²) in [5.74, 6) is 0.721. The van der Waals surface area contributed by atoms with Gasteiger partial charge < -0.3 is 40.7 Å². The maximum atomic E-state index is 15.8. The van der Waals surface area contributed by atoms with E-state index in [2.05, 4.69) is 70.5 Å². The first kappa shape index (κ1) is 46.4. The predicted octanol–water partition coefficient (Wildman–Crippen LogP) is 7.43. The van der Waals surface area contributed by atoms with Gasteiger partial charge in [0.2, 0.25) is 18.3 Å². The quantitative estimate of drug-likeness (QED) is 0.0592. The van der Waals surface area contributed by atoms with Gasteiger partial charge in [-0.05, 0) is 91.1 Å². The standard InChI is InChI=1S/C45H56FN7O4.CH3NO/c1-8-30-12-10-13-33(19-21-35(28-54)50-45(56)57-7)42(30)52(6)44-49-27-41(51-44)38-22-20-34(24-39(38)46)31-15-17-32(18-16-31)40(26-47-5)48-25-36-14-11-23-53(36)43(55)37(9-2)29(3)4;2-1-3/h10,12-13,15-18,20,22,24,26-29,35-37,48H,5,8-9,11,14,19,21,23,25H2,1-4,6-7H3,(H,49,51)(H,50,56);1H,(H2,2,3)/b40-26-;. The number of hydrogen-bond acceptors (Lipinski definition) is 9. The Hall–Kier alpha value is -6.31. The van der Waals surface area contributed by atoms with E-state index in [-0.39, 0.29) is 24.3 Å². The molecule has 1 saturated heterocycles. The van der Waals surface area contributed by atoms with Crippen LogP contribution < -0.4 is 21.3 Å². The second-order valence-electron chi connectivity index (χ2n) is 15.0. The number of aryl methyl sites for hydroxylation is 2. The lowest BCUT2D eigenvalue weighted by Crippen LogP contribution is -2.45. The maximum Gasteiger partial charge on any atom is 0.407 e. The number of carbonyl (C=O) groups excluding carboxylic acids is 4. The number of amides is 3. The molecule has 1 aliphatic rings. The molecule has 14 heteroatoms. The van der Waals surface area contributed by atoms with Crippen LogP contribution in [0, 0.1) is 17.7 Å². The SMILES string of the molecule is C=N/C=C(\NCC1CCCN1C(=O)C(CC)C(C)C)c1ccc(-c2ccc(-c3cnc(N(C)c4c(CC)cccc4CCC(C=O)NC(=O)OC)[nH]3)c(F)c2)cc1.NC=O. The third-order valence-corrected chi connectivity index (χ3v) is 10.9. The number of para-hydroxylation sites is 1. The number of primary amides is 1. The molecule has 4 aromatic rings. The number of likely N-dealkylation sites (tertiary alicyclic amines) is 1. The summed E-state index contributed by atoms with van der Waals surface area (Å²) in [6.45, 7) is 13.4. The molecule has 0 spiro atoms. The fraction of sp³-hybridized carbons (Fsp3) is 0.391. The van der Waals surface area contributed by atoms with Crippen molar-refractivity contribution in [1.82, 2.24) is 25.5 Å². The minimum Gasteiger partial charge on any atom is -0.453 e. The second kappa shape index (κ2) is 22.7. The molecule has 1 aliphatic heterocycles. The fourth-order valence-corrected chi connectivity index (χ4v) is 7.76. The average molecular weight is 823 g/mol. The minimum absolute atomic E-state index is 0.0316. The number of nitrogens with one attached hydrogen (secondary N) is 3. The van der Waals surface area contributed by atoms with Crippen LogP contribution in [0.5, 0.6) is 0 Å².